The van der Waals surface area contributed by atoms with E-state index >= 15 is 0 Å². The summed E-state index contributed by atoms with van der Waals surface area (Å²) < 4.78 is 1.98. The summed E-state index contributed by atoms with van der Waals surface area (Å²) in [7, 11) is 0. The van der Waals surface area contributed by atoms with E-state index in [-0.39, 0.29) is 5.91 Å². The van der Waals surface area contributed by atoms with Crippen LogP contribution in [0, 0.1) is 5.92 Å². The molecular formula is C20H26N4O2. The van der Waals surface area contributed by atoms with Crippen molar-refractivity contribution in [2.24, 2.45) is 5.92 Å². The van der Waals surface area contributed by atoms with Crippen molar-refractivity contribution < 1.29 is 9.59 Å². The number of aromatic nitrogens is 2. The first kappa shape index (κ1) is 17.1. The van der Waals surface area contributed by atoms with E-state index in [9.17, 15) is 9.59 Å². The molecule has 26 heavy (non-hydrogen) atoms. The Labute approximate surface area is 153 Å². The van der Waals surface area contributed by atoms with Gasteiger partial charge in [-0.1, -0.05) is 13.0 Å². The van der Waals surface area contributed by atoms with Crippen molar-refractivity contribution in [2.45, 2.75) is 45.1 Å². The van der Waals surface area contributed by atoms with Crippen molar-refractivity contribution in [1.82, 2.24) is 19.2 Å². The molecule has 138 valence electrons. The number of pyridine rings is 1. The van der Waals surface area contributed by atoms with Gasteiger partial charge in [0.25, 0.3) is 0 Å². The zero-order chi connectivity index (χ0) is 18.1. The van der Waals surface area contributed by atoms with Crippen LogP contribution in [0.4, 0.5) is 0 Å². The number of hydrogen-bond acceptors (Lipinski definition) is 3. The van der Waals surface area contributed by atoms with Crippen LogP contribution in [-0.4, -0.2) is 56.7 Å². The second-order valence-electron chi connectivity index (χ2n) is 7.44. The Hall–Kier alpha value is -2.37. The van der Waals surface area contributed by atoms with Crippen LogP contribution in [0.5, 0.6) is 0 Å². The zero-order valence-corrected chi connectivity index (χ0v) is 15.3. The van der Waals surface area contributed by atoms with E-state index in [2.05, 4.69) is 16.8 Å². The van der Waals surface area contributed by atoms with Gasteiger partial charge in [-0.25, -0.2) is 4.98 Å². The summed E-state index contributed by atoms with van der Waals surface area (Å²) >= 11 is 0. The minimum absolute atomic E-state index is 0.160. The van der Waals surface area contributed by atoms with E-state index in [0.29, 0.717) is 30.7 Å². The Morgan fingerprint density at radius 3 is 3.04 bits per heavy atom. The van der Waals surface area contributed by atoms with E-state index in [1.54, 1.807) is 6.20 Å². The van der Waals surface area contributed by atoms with Gasteiger partial charge in [-0.05, 0) is 37.3 Å². The molecular weight excluding hydrogens is 328 g/mol. The van der Waals surface area contributed by atoms with E-state index in [1.165, 1.54) is 0 Å². The number of fused-ring (bicyclic) bond motifs is 2. The lowest BCUT2D eigenvalue weighted by Crippen LogP contribution is -2.57. The fourth-order valence-corrected chi connectivity index (χ4v) is 4.49. The van der Waals surface area contributed by atoms with Crippen LogP contribution in [0.2, 0.25) is 0 Å². The number of amides is 2. The average molecular weight is 354 g/mol. The summed E-state index contributed by atoms with van der Waals surface area (Å²) in [4.78, 5) is 33.5. The molecule has 2 aromatic rings. The number of imidazole rings is 1. The van der Waals surface area contributed by atoms with Crippen LogP contribution in [0.3, 0.4) is 0 Å². The number of piperidine rings is 2. The van der Waals surface area contributed by atoms with Crippen molar-refractivity contribution in [3.8, 4) is 0 Å². The van der Waals surface area contributed by atoms with Gasteiger partial charge in [-0.15, -0.1) is 0 Å². The Morgan fingerprint density at radius 1 is 1.31 bits per heavy atom. The third-order valence-corrected chi connectivity index (χ3v) is 5.79. The molecule has 0 unspecified atom stereocenters. The van der Waals surface area contributed by atoms with E-state index < -0.39 is 0 Å². The number of carbonyl (C=O) groups excluding carboxylic acids is 2. The number of hydrogen-bond donors (Lipinski definition) is 0. The first-order valence-electron chi connectivity index (χ1n) is 9.65. The first-order chi connectivity index (χ1) is 12.7. The molecule has 0 aliphatic carbocycles. The zero-order valence-electron chi connectivity index (χ0n) is 15.3. The molecule has 2 fully saturated rings. The fourth-order valence-electron chi connectivity index (χ4n) is 4.49. The Morgan fingerprint density at radius 2 is 2.19 bits per heavy atom. The lowest BCUT2D eigenvalue weighted by molar-refractivity contribution is -0.144. The third kappa shape index (κ3) is 3.08. The predicted molar refractivity (Wildman–Crippen MR) is 98.6 cm³/mol. The molecule has 0 spiro atoms. The summed E-state index contributed by atoms with van der Waals surface area (Å²) in [6.45, 7) is 4.47. The van der Waals surface area contributed by atoms with E-state index in [4.69, 9.17) is 0 Å². The predicted octanol–water partition coefficient (Wildman–Crippen LogP) is 2.13. The van der Waals surface area contributed by atoms with Crippen molar-refractivity contribution in [1.29, 1.82) is 0 Å². The second-order valence-corrected chi connectivity index (χ2v) is 7.44. The highest BCUT2D eigenvalue weighted by atomic mass is 16.2. The molecule has 4 rings (SSSR count). The van der Waals surface area contributed by atoms with Gasteiger partial charge in [0.15, 0.2) is 0 Å². The fraction of sp³-hybridized carbons (Fsp3) is 0.550. The maximum atomic E-state index is 12.9. The highest BCUT2D eigenvalue weighted by Crippen LogP contribution is 2.31. The molecule has 0 aromatic carbocycles. The Bertz CT molecular complexity index is 815. The molecule has 4 heterocycles. The molecule has 0 bridgehead atoms. The molecule has 2 amide bonds. The summed E-state index contributed by atoms with van der Waals surface area (Å²) in [5.41, 5.74) is 1.80. The quantitative estimate of drug-likeness (QED) is 0.845. The highest BCUT2D eigenvalue weighted by molar-refractivity contribution is 5.79. The van der Waals surface area contributed by atoms with Crippen molar-refractivity contribution in [3.63, 3.8) is 0 Å². The van der Waals surface area contributed by atoms with Crippen LogP contribution in [-0.2, 0) is 16.0 Å². The first-order valence-corrected chi connectivity index (χ1v) is 9.65. The van der Waals surface area contributed by atoms with Gasteiger partial charge in [-0.2, -0.15) is 0 Å². The minimum atomic E-state index is 0.160. The molecule has 2 atom stereocenters. The molecule has 0 radical (unpaired) electrons. The maximum absolute atomic E-state index is 12.9. The standard InChI is InChI=1S/C20H26N4O2/c1-2-9-24-17-8-11-22(14-15(17)6-7-19(24)25)20(26)12-16-13-21-18-5-3-4-10-23(16)18/h3-5,10,13,15,17H,2,6-9,11-12,14H2,1H3/t15-,17+/m0/s1. The largest absolute Gasteiger partial charge is 0.342 e. The molecule has 0 N–H and O–H groups in total. The Kier molecular flexibility index (Phi) is 4.66. The highest BCUT2D eigenvalue weighted by Gasteiger charge is 2.39. The summed E-state index contributed by atoms with van der Waals surface area (Å²) in [5, 5.41) is 0. The SMILES string of the molecule is CCCN1C(=O)CC[C@H]2CN(C(=O)Cc3cnc4ccccn34)CC[C@H]21. The number of nitrogens with zero attached hydrogens (tertiary/aromatic N) is 4. The molecule has 2 aliphatic heterocycles. The van der Waals surface area contributed by atoms with Gasteiger partial charge in [-0.3, -0.25) is 9.59 Å². The third-order valence-electron chi connectivity index (χ3n) is 5.79. The molecule has 2 saturated heterocycles. The monoisotopic (exact) mass is 354 g/mol. The van der Waals surface area contributed by atoms with Crippen LogP contribution < -0.4 is 0 Å². The van der Waals surface area contributed by atoms with Gasteiger partial charge in [0.05, 0.1) is 12.1 Å². The van der Waals surface area contributed by atoms with Crippen LogP contribution in [0.25, 0.3) is 5.65 Å². The molecule has 6 heteroatoms. The number of likely N-dealkylation sites (tertiary alicyclic amines) is 2. The van der Waals surface area contributed by atoms with E-state index in [1.807, 2.05) is 33.7 Å². The van der Waals surface area contributed by atoms with Crippen LogP contribution in [0.1, 0.15) is 38.3 Å². The summed E-state index contributed by atoms with van der Waals surface area (Å²) in [6, 6.07) is 6.16. The smallest absolute Gasteiger partial charge is 0.228 e. The van der Waals surface area contributed by atoms with Crippen LogP contribution in [0.15, 0.2) is 30.6 Å². The normalized spacial score (nSPS) is 23.3. The summed E-state index contributed by atoms with van der Waals surface area (Å²) in [6.07, 6.45) is 7.54. The number of carbonyl (C=O) groups is 2. The molecule has 2 aliphatic rings. The van der Waals surface area contributed by atoms with Gasteiger partial charge >= 0.3 is 0 Å². The molecule has 6 nitrogen and oxygen atoms in total. The van der Waals surface area contributed by atoms with Crippen molar-refractivity contribution in [3.05, 3.63) is 36.3 Å². The molecule has 2 aromatic heterocycles. The van der Waals surface area contributed by atoms with Crippen molar-refractivity contribution >= 4 is 17.5 Å². The summed E-state index contributed by atoms with van der Waals surface area (Å²) in [5.74, 6) is 0.866. The average Bonchev–Trinajstić information content (AvgIpc) is 3.07. The van der Waals surface area contributed by atoms with E-state index in [0.717, 1.165) is 50.2 Å². The Balaban J connectivity index is 1.43. The van der Waals surface area contributed by atoms with Gasteiger partial charge < -0.3 is 14.2 Å². The van der Waals surface area contributed by atoms with Gasteiger partial charge in [0, 0.05) is 44.5 Å². The van der Waals surface area contributed by atoms with Gasteiger partial charge in [0.2, 0.25) is 11.8 Å². The molecule has 0 saturated carbocycles. The minimum Gasteiger partial charge on any atom is -0.342 e. The second kappa shape index (κ2) is 7.09. The lowest BCUT2D eigenvalue weighted by atomic mass is 9.83. The lowest BCUT2D eigenvalue weighted by Gasteiger charge is -2.47. The maximum Gasteiger partial charge on any atom is 0.228 e. The topological polar surface area (TPSA) is 57.9 Å². The van der Waals surface area contributed by atoms with Crippen LogP contribution >= 0.6 is 0 Å². The van der Waals surface area contributed by atoms with Crippen molar-refractivity contribution in [2.75, 3.05) is 19.6 Å². The number of rotatable bonds is 4. The van der Waals surface area contributed by atoms with Gasteiger partial charge in [0.1, 0.15) is 5.65 Å².